The fourth-order valence-corrected chi connectivity index (χ4v) is 2.69. The van der Waals surface area contributed by atoms with Gasteiger partial charge in [0.25, 0.3) is 0 Å². The van der Waals surface area contributed by atoms with Gasteiger partial charge in [0.15, 0.2) is 0 Å². The molecule has 0 aliphatic heterocycles. The zero-order valence-electron chi connectivity index (χ0n) is 9.61. The van der Waals surface area contributed by atoms with Gasteiger partial charge in [-0.05, 0) is 43.7 Å². The first-order chi connectivity index (χ1) is 7.62. The Morgan fingerprint density at radius 3 is 2.75 bits per heavy atom. The molecule has 0 atom stereocenters. The van der Waals surface area contributed by atoms with Gasteiger partial charge in [-0.2, -0.15) is 0 Å². The van der Waals surface area contributed by atoms with Gasteiger partial charge < -0.3 is 9.52 Å². The Labute approximate surface area is 95.5 Å². The summed E-state index contributed by atoms with van der Waals surface area (Å²) in [4.78, 5) is 11.0. The molecule has 1 N–H and O–H groups in total. The van der Waals surface area contributed by atoms with Crippen molar-refractivity contribution in [2.75, 3.05) is 0 Å². The zero-order valence-corrected chi connectivity index (χ0v) is 9.61. The van der Waals surface area contributed by atoms with Crippen molar-refractivity contribution in [3.05, 3.63) is 24.2 Å². The molecule has 0 radical (unpaired) electrons. The number of hydrogen-bond acceptors (Lipinski definition) is 2. The maximum absolute atomic E-state index is 11.0. The molecular weight excluding hydrogens is 204 g/mol. The zero-order chi connectivity index (χ0) is 11.6. The molecule has 3 heteroatoms. The van der Waals surface area contributed by atoms with Crippen LogP contribution in [0.2, 0.25) is 0 Å². The standard InChI is InChI=1S/C13H18O3/c1-10-4-6-13(7-5-10,9-12(14)15)11-3-2-8-16-11/h2-3,8,10H,4-7,9H2,1H3,(H,14,15). The molecule has 88 valence electrons. The number of rotatable bonds is 3. The third kappa shape index (κ3) is 2.13. The van der Waals surface area contributed by atoms with Crippen molar-refractivity contribution in [2.24, 2.45) is 5.92 Å². The third-order valence-corrected chi connectivity index (χ3v) is 3.76. The normalized spacial score (nSPS) is 30.2. The third-order valence-electron chi connectivity index (χ3n) is 3.76. The highest BCUT2D eigenvalue weighted by atomic mass is 16.4. The fraction of sp³-hybridized carbons (Fsp3) is 0.615. The summed E-state index contributed by atoms with van der Waals surface area (Å²) in [6.07, 6.45) is 5.86. The molecule has 0 saturated heterocycles. The van der Waals surface area contributed by atoms with Crippen LogP contribution in [-0.4, -0.2) is 11.1 Å². The van der Waals surface area contributed by atoms with Gasteiger partial charge >= 0.3 is 5.97 Å². The van der Waals surface area contributed by atoms with E-state index in [9.17, 15) is 4.79 Å². The van der Waals surface area contributed by atoms with Gasteiger partial charge in [0.1, 0.15) is 5.76 Å². The van der Waals surface area contributed by atoms with Crippen LogP contribution in [0.1, 0.15) is 44.8 Å². The summed E-state index contributed by atoms with van der Waals surface area (Å²) in [6, 6.07) is 3.76. The lowest BCUT2D eigenvalue weighted by molar-refractivity contribution is -0.139. The fourth-order valence-electron chi connectivity index (χ4n) is 2.69. The van der Waals surface area contributed by atoms with Crippen molar-refractivity contribution >= 4 is 5.97 Å². The second-order valence-electron chi connectivity index (χ2n) is 5.01. The van der Waals surface area contributed by atoms with E-state index in [0.717, 1.165) is 31.4 Å². The average molecular weight is 222 g/mol. The first kappa shape index (κ1) is 11.2. The highest BCUT2D eigenvalue weighted by molar-refractivity contribution is 5.68. The molecule has 1 fully saturated rings. The Kier molecular flexibility index (Phi) is 3.03. The van der Waals surface area contributed by atoms with Gasteiger partial charge in [-0.1, -0.05) is 6.92 Å². The van der Waals surface area contributed by atoms with E-state index in [-0.39, 0.29) is 11.8 Å². The number of aliphatic carboxylic acids is 1. The minimum atomic E-state index is -0.731. The summed E-state index contributed by atoms with van der Waals surface area (Å²) in [5.74, 6) is 0.824. The lowest BCUT2D eigenvalue weighted by atomic mass is 9.67. The van der Waals surface area contributed by atoms with E-state index in [4.69, 9.17) is 9.52 Å². The minimum Gasteiger partial charge on any atom is -0.481 e. The van der Waals surface area contributed by atoms with Crippen LogP contribution in [0.15, 0.2) is 22.8 Å². The van der Waals surface area contributed by atoms with Gasteiger partial charge in [-0.3, -0.25) is 4.79 Å². The van der Waals surface area contributed by atoms with E-state index < -0.39 is 5.97 Å². The molecule has 16 heavy (non-hydrogen) atoms. The Hall–Kier alpha value is -1.25. The smallest absolute Gasteiger partial charge is 0.304 e. The van der Waals surface area contributed by atoms with Crippen LogP contribution in [0.5, 0.6) is 0 Å². The molecule has 0 bridgehead atoms. The molecule has 0 aromatic carbocycles. The predicted octanol–water partition coefficient (Wildman–Crippen LogP) is 3.20. The molecule has 0 unspecified atom stereocenters. The molecule has 3 nitrogen and oxygen atoms in total. The van der Waals surface area contributed by atoms with Crippen LogP contribution in [-0.2, 0) is 10.2 Å². The molecule has 0 amide bonds. The molecule has 2 rings (SSSR count). The van der Waals surface area contributed by atoms with Crippen molar-refractivity contribution in [1.29, 1.82) is 0 Å². The van der Waals surface area contributed by atoms with Crippen molar-refractivity contribution in [2.45, 2.75) is 44.4 Å². The van der Waals surface area contributed by atoms with E-state index in [1.54, 1.807) is 6.26 Å². The summed E-state index contributed by atoms with van der Waals surface area (Å²) in [5.41, 5.74) is -0.262. The molecule has 1 heterocycles. The van der Waals surface area contributed by atoms with Gasteiger partial charge in [0, 0.05) is 5.41 Å². The van der Waals surface area contributed by atoms with E-state index in [1.807, 2.05) is 12.1 Å². The number of carboxylic acid groups (broad SMARTS) is 1. The van der Waals surface area contributed by atoms with Gasteiger partial charge in [-0.25, -0.2) is 0 Å². The largest absolute Gasteiger partial charge is 0.481 e. The molecule has 1 aromatic heterocycles. The maximum Gasteiger partial charge on any atom is 0.304 e. The lowest BCUT2D eigenvalue weighted by Crippen LogP contribution is -2.33. The first-order valence-corrected chi connectivity index (χ1v) is 5.88. The number of furan rings is 1. The van der Waals surface area contributed by atoms with Crippen LogP contribution in [0.3, 0.4) is 0 Å². The maximum atomic E-state index is 11.0. The number of carbonyl (C=O) groups is 1. The van der Waals surface area contributed by atoms with Crippen LogP contribution >= 0.6 is 0 Å². The summed E-state index contributed by atoms with van der Waals surface area (Å²) < 4.78 is 5.45. The molecule has 0 spiro atoms. The number of hydrogen-bond donors (Lipinski definition) is 1. The molecule has 1 saturated carbocycles. The Bertz CT molecular complexity index is 345. The Balaban J connectivity index is 2.23. The second-order valence-corrected chi connectivity index (χ2v) is 5.01. The monoisotopic (exact) mass is 222 g/mol. The molecule has 1 aliphatic carbocycles. The van der Waals surface area contributed by atoms with Crippen LogP contribution in [0.4, 0.5) is 0 Å². The van der Waals surface area contributed by atoms with Crippen LogP contribution < -0.4 is 0 Å². The molecule has 1 aliphatic rings. The topological polar surface area (TPSA) is 50.4 Å². The van der Waals surface area contributed by atoms with Crippen molar-refractivity contribution in [1.82, 2.24) is 0 Å². The summed E-state index contributed by atoms with van der Waals surface area (Å²) in [5, 5.41) is 9.05. The van der Waals surface area contributed by atoms with Crippen LogP contribution in [0.25, 0.3) is 0 Å². The molecular formula is C13H18O3. The second kappa shape index (κ2) is 4.32. The Morgan fingerprint density at radius 1 is 1.56 bits per heavy atom. The van der Waals surface area contributed by atoms with Gasteiger partial charge in [-0.15, -0.1) is 0 Å². The minimum absolute atomic E-state index is 0.188. The molecule has 1 aromatic rings. The van der Waals surface area contributed by atoms with Crippen molar-refractivity contribution < 1.29 is 14.3 Å². The first-order valence-electron chi connectivity index (χ1n) is 5.88. The lowest BCUT2D eigenvalue weighted by Gasteiger charge is -2.36. The van der Waals surface area contributed by atoms with Gasteiger partial charge in [0.2, 0.25) is 0 Å². The SMILES string of the molecule is CC1CCC(CC(=O)O)(c2ccco2)CC1. The average Bonchev–Trinajstić information content (AvgIpc) is 2.75. The van der Waals surface area contributed by atoms with E-state index in [0.29, 0.717) is 5.92 Å². The summed E-state index contributed by atoms with van der Waals surface area (Å²) >= 11 is 0. The van der Waals surface area contributed by atoms with Crippen LogP contribution in [0, 0.1) is 5.92 Å². The van der Waals surface area contributed by atoms with Gasteiger partial charge in [0.05, 0.1) is 12.7 Å². The summed E-state index contributed by atoms with van der Waals surface area (Å²) in [7, 11) is 0. The number of carboxylic acids is 1. The van der Waals surface area contributed by atoms with E-state index >= 15 is 0 Å². The highest BCUT2D eigenvalue weighted by Gasteiger charge is 2.39. The van der Waals surface area contributed by atoms with Crippen molar-refractivity contribution in [3.63, 3.8) is 0 Å². The quantitative estimate of drug-likeness (QED) is 0.854. The highest BCUT2D eigenvalue weighted by Crippen LogP contribution is 2.44. The Morgan fingerprint density at radius 2 is 2.25 bits per heavy atom. The summed E-state index contributed by atoms with van der Waals surface area (Å²) in [6.45, 7) is 2.23. The predicted molar refractivity (Wildman–Crippen MR) is 60.3 cm³/mol. The van der Waals surface area contributed by atoms with Crippen molar-refractivity contribution in [3.8, 4) is 0 Å². The van der Waals surface area contributed by atoms with E-state index in [1.165, 1.54) is 0 Å². The van der Waals surface area contributed by atoms with E-state index in [2.05, 4.69) is 6.92 Å².